The quantitative estimate of drug-likeness (QED) is 0.871. The van der Waals surface area contributed by atoms with Crippen LogP contribution in [0.5, 0.6) is 0 Å². The predicted octanol–water partition coefficient (Wildman–Crippen LogP) is 3.58. The first-order valence-electron chi connectivity index (χ1n) is 6.96. The van der Waals surface area contributed by atoms with Gasteiger partial charge in [-0.15, -0.1) is 11.3 Å². The first-order valence-corrected chi connectivity index (χ1v) is 7.78. The van der Waals surface area contributed by atoms with Crippen LogP contribution in [0, 0.1) is 0 Å². The normalized spacial score (nSPS) is 16.1. The predicted molar refractivity (Wildman–Crippen MR) is 86.2 cm³/mol. The molecule has 0 aliphatic carbocycles. The second-order valence-electron chi connectivity index (χ2n) is 4.97. The molecule has 3 nitrogen and oxygen atoms in total. The number of amides is 1. The van der Waals surface area contributed by atoms with E-state index in [2.05, 4.69) is 35.3 Å². The summed E-state index contributed by atoms with van der Waals surface area (Å²) in [5.41, 5.74) is 2.34. The molecule has 0 saturated heterocycles. The van der Waals surface area contributed by atoms with E-state index < -0.39 is 0 Å². The summed E-state index contributed by atoms with van der Waals surface area (Å²) in [4.78, 5) is 14.4. The zero-order valence-corrected chi connectivity index (χ0v) is 12.4. The second kappa shape index (κ2) is 5.77. The van der Waals surface area contributed by atoms with Gasteiger partial charge in [-0.25, -0.2) is 0 Å². The van der Waals surface area contributed by atoms with Crippen LogP contribution in [0.15, 0.2) is 30.3 Å². The van der Waals surface area contributed by atoms with Crippen molar-refractivity contribution in [2.45, 2.75) is 13.3 Å². The highest BCUT2D eigenvalue weighted by Crippen LogP contribution is 2.36. The maximum Gasteiger partial charge on any atom is 0.211 e. The Morgan fingerprint density at radius 2 is 2.35 bits per heavy atom. The average molecular weight is 286 g/mol. The fraction of sp³-hybridized carbons (Fsp3) is 0.312. The summed E-state index contributed by atoms with van der Waals surface area (Å²) in [6.45, 7) is 5.49. The lowest BCUT2D eigenvalue weighted by Gasteiger charge is -2.24. The molecule has 0 saturated carbocycles. The molecule has 2 heterocycles. The van der Waals surface area contributed by atoms with Crippen molar-refractivity contribution in [3.05, 3.63) is 35.2 Å². The molecular formula is C16H18N2OS. The van der Waals surface area contributed by atoms with Gasteiger partial charge in [-0.3, -0.25) is 9.69 Å². The van der Waals surface area contributed by atoms with Gasteiger partial charge < -0.3 is 5.32 Å². The van der Waals surface area contributed by atoms with E-state index in [4.69, 9.17) is 0 Å². The van der Waals surface area contributed by atoms with Crippen molar-refractivity contribution in [2.75, 3.05) is 25.0 Å². The molecule has 1 aromatic heterocycles. The van der Waals surface area contributed by atoms with Crippen LogP contribution in [-0.4, -0.2) is 30.9 Å². The zero-order valence-electron chi connectivity index (χ0n) is 11.6. The molecule has 0 spiro atoms. The number of benzene rings is 1. The van der Waals surface area contributed by atoms with Crippen molar-refractivity contribution in [3.63, 3.8) is 0 Å². The van der Waals surface area contributed by atoms with E-state index in [0.29, 0.717) is 0 Å². The first-order chi connectivity index (χ1) is 9.81. The first kappa shape index (κ1) is 13.3. The lowest BCUT2D eigenvalue weighted by atomic mass is 10.1. The Hall–Kier alpha value is -1.65. The van der Waals surface area contributed by atoms with Gasteiger partial charge in [-0.05, 0) is 36.1 Å². The van der Waals surface area contributed by atoms with E-state index in [1.807, 2.05) is 12.1 Å². The Morgan fingerprint density at radius 3 is 3.05 bits per heavy atom. The van der Waals surface area contributed by atoms with Crippen LogP contribution in [0.2, 0.25) is 0 Å². The third-order valence-corrected chi connectivity index (χ3v) is 5.08. The van der Waals surface area contributed by atoms with E-state index in [9.17, 15) is 4.79 Å². The summed E-state index contributed by atoms with van der Waals surface area (Å²) in [5, 5.41) is 3.99. The van der Waals surface area contributed by atoms with E-state index >= 15 is 0 Å². The number of fused-ring (bicyclic) bond motifs is 1. The molecule has 0 atom stereocenters. The Labute approximate surface area is 122 Å². The standard InChI is InChI=1S/C16H18N2OS/c1-2-18-8-6-12(7-9-18)15-10-13-4-3-5-14(17-11-19)16(13)20-15/h3-6,10-11H,2,7-9H2,1H3,(H,17,19). The SMILES string of the molecule is CCN1CC=C(c2cc3cccc(NC=O)c3s2)CC1. The molecule has 0 unspecified atom stereocenters. The minimum absolute atomic E-state index is 0.743. The molecule has 1 aliphatic heterocycles. The molecule has 0 fully saturated rings. The molecule has 1 amide bonds. The maximum atomic E-state index is 10.7. The van der Waals surface area contributed by atoms with Crippen LogP contribution in [0.25, 0.3) is 15.7 Å². The highest BCUT2D eigenvalue weighted by Gasteiger charge is 2.14. The monoisotopic (exact) mass is 286 g/mol. The van der Waals surface area contributed by atoms with E-state index in [0.717, 1.165) is 42.9 Å². The van der Waals surface area contributed by atoms with Crippen LogP contribution < -0.4 is 5.32 Å². The topological polar surface area (TPSA) is 32.3 Å². The van der Waals surface area contributed by atoms with Crippen LogP contribution in [-0.2, 0) is 4.79 Å². The number of carbonyl (C=O) groups excluding carboxylic acids is 1. The van der Waals surface area contributed by atoms with E-state index in [1.54, 1.807) is 11.3 Å². The summed E-state index contributed by atoms with van der Waals surface area (Å²) in [6, 6.07) is 8.28. The summed E-state index contributed by atoms with van der Waals surface area (Å²) < 4.78 is 1.16. The molecule has 1 N–H and O–H groups in total. The number of nitrogens with one attached hydrogen (secondary N) is 1. The summed E-state index contributed by atoms with van der Waals surface area (Å²) in [6.07, 6.45) is 4.19. The summed E-state index contributed by atoms with van der Waals surface area (Å²) in [7, 11) is 0. The van der Waals surface area contributed by atoms with Crippen LogP contribution in [0.1, 0.15) is 18.2 Å². The number of hydrogen-bond donors (Lipinski definition) is 1. The Kier molecular flexibility index (Phi) is 3.85. The largest absolute Gasteiger partial charge is 0.327 e. The number of thiophene rings is 1. The molecule has 20 heavy (non-hydrogen) atoms. The van der Waals surface area contributed by atoms with Gasteiger partial charge in [-0.2, -0.15) is 0 Å². The Balaban J connectivity index is 1.95. The van der Waals surface area contributed by atoms with Gasteiger partial charge >= 0.3 is 0 Å². The number of hydrogen-bond acceptors (Lipinski definition) is 3. The molecular weight excluding hydrogens is 268 g/mol. The molecule has 104 valence electrons. The third kappa shape index (κ3) is 2.49. The van der Waals surface area contributed by atoms with Crippen LogP contribution >= 0.6 is 11.3 Å². The summed E-state index contributed by atoms with van der Waals surface area (Å²) in [5.74, 6) is 0. The second-order valence-corrected chi connectivity index (χ2v) is 6.02. The van der Waals surface area contributed by atoms with Gasteiger partial charge in [-0.1, -0.05) is 25.1 Å². The fourth-order valence-corrected chi connectivity index (χ4v) is 3.82. The van der Waals surface area contributed by atoms with Crippen molar-refractivity contribution < 1.29 is 4.79 Å². The van der Waals surface area contributed by atoms with Gasteiger partial charge in [0, 0.05) is 18.0 Å². The van der Waals surface area contributed by atoms with Crippen molar-refractivity contribution in [1.82, 2.24) is 4.90 Å². The maximum absolute atomic E-state index is 10.7. The highest BCUT2D eigenvalue weighted by molar-refractivity contribution is 7.20. The van der Waals surface area contributed by atoms with Crippen molar-refractivity contribution in [1.29, 1.82) is 0 Å². The number of likely N-dealkylation sites (N-methyl/N-ethyl adjacent to an activating group) is 1. The molecule has 0 radical (unpaired) electrons. The summed E-state index contributed by atoms with van der Waals surface area (Å²) >= 11 is 1.77. The molecule has 1 aliphatic rings. The van der Waals surface area contributed by atoms with Crippen molar-refractivity contribution in [2.24, 2.45) is 0 Å². The van der Waals surface area contributed by atoms with Crippen LogP contribution in [0.3, 0.4) is 0 Å². The van der Waals surface area contributed by atoms with E-state index in [1.165, 1.54) is 15.8 Å². The molecule has 1 aromatic carbocycles. The smallest absolute Gasteiger partial charge is 0.211 e. The number of anilines is 1. The highest BCUT2D eigenvalue weighted by atomic mass is 32.1. The lowest BCUT2D eigenvalue weighted by molar-refractivity contribution is -0.105. The van der Waals surface area contributed by atoms with Gasteiger partial charge in [0.1, 0.15) is 0 Å². The molecule has 3 rings (SSSR count). The molecule has 2 aromatic rings. The molecule has 0 bridgehead atoms. The number of rotatable bonds is 4. The Bertz CT molecular complexity index is 660. The van der Waals surface area contributed by atoms with Gasteiger partial charge in [0.2, 0.25) is 6.41 Å². The zero-order chi connectivity index (χ0) is 13.9. The van der Waals surface area contributed by atoms with Crippen molar-refractivity contribution in [3.8, 4) is 0 Å². The van der Waals surface area contributed by atoms with Gasteiger partial charge in [0.15, 0.2) is 0 Å². The molecule has 4 heteroatoms. The van der Waals surface area contributed by atoms with Gasteiger partial charge in [0.05, 0.1) is 10.4 Å². The lowest BCUT2D eigenvalue weighted by Crippen LogP contribution is -2.27. The fourth-order valence-electron chi connectivity index (χ4n) is 2.62. The minimum atomic E-state index is 0.743. The van der Waals surface area contributed by atoms with Crippen molar-refractivity contribution >= 4 is 39.1 Å². The average Bonchev–Trinajstić information content (AvgIpc) is 2.93. The van der Waals surface area contributed by atoms with Crippen LogP contribution in [0.4, 0.5) is 5.69 Å². The third-order valence-electron chi connectivity index (χ3n) is 3.82. The van der Waals surface area contributed by atoms with Gasteiger partial charge in [0.25, 0.3) is 0 Å². The number of carbonyl (C=O) groups is 1. The number of nitrogens with zero attached hydrogens (tertiary/aromatic N) is 1. The minimum Gasteiger partial charge on any atom is -0.327 e. The van der Waals surface area contributed by atoms with E-state index in [-0.39, 0.29) is 0 Å². The Morgan fingerprint density at radius 1 is 1.45 bits per heavy atom.